The summed E-state index contributed by atoms with van der Waals surface area (Å²) in [6.07, 6.45) is 1.56. The predicted octanol–water partition coefficient (Wildman–Crippen LogP) is -0.393. The second-order valence-corrected chi connectivity index (χ2v) is 5.85. The fourth-order valence-corrected chi connectivity index (χ4v) is 3.02. The highest BCUT2D eigenvalue weighted by atomic mass is 16.5. The van der Waals surface area contributed by atoms with Gasteiger partial charge in [0.25, 0.3) is 5.56 Å². The maximum atomic E-state index is 12.4. The van der Waals surface area contributed by atoms with Crippen LogP contribution in [-0.4, -0.2) is 40.7 Å². The third kappa shape index (κ3) is 3.39. The van der Waals surface area contributed by atoms with Crippen LogP contribution >= 0.6 is 0 Å². The molecule has 1 aliphatic heterocycles. The zero-order valence-electron chi connectivity index (χ0n) is 13.2. The molecule has 2 aromatic rings. The molecule has 0 bridgehead atoms. The third-order valence-corrected chi connectivity index (χ3v) is 4.32. The van der Waals surface area contributed by atoms with Crippen LogP contribution in [0, 0.1) is 5.92 Å². The molecule has 7 nitrogen and oxygen atoms in total. The maximum Gasteiger partial charge on any atom is 0.309 e. The van der Waals surface area contributed by atoms with E-state index in [1.54, 1.807) is 12.1 Å². The van der Waals surface area contributed by atoms with Crippen molar-refractivity contribution in [2.75, 3.05) is 19.7 Å². The number of quaternary nitrogens is 1. The molecule has 0 amide bonds. The average Bonchev–Trinajstić information content (AvgIpc) is 2.58. The van der Waals surface area contributed by atoms with Crippen LogP contribution in [0.15, 0.2) is 29.1 Å². The molecular formula is C16H21N4O3+. The van der Waals surface area contributed by atoms with Crippen LogP contribution in [0.25, 0.3) is 10.9 Å². The largest absolute Gasteiger partial charge is 0.466 e. The van der Waals surface area contributed by atoms with Gasteiger partial charge in [-0.3, -0.25) is 9.59 Å². The normalized spacial score (nSPS) is 21.3. The molecule has 3 rings (SSSR count). The number of nitrogens with one attached hydrogen (secondary N) is 1. The molecule has 0 radical (unpaired) electrons. The summed E-state index contributed by atoms with van der Waals surface area (Å²) in [7, 11) is 0. The van der Waals surface area contributed by atoms with Crippen LogP contribution in [0.2, 0.25) is 0 Å². The lowest BCUT2D eigenvalue weighted by atomic mass is 9.97. The number of nitrogens with zero attached hydrogens (tertiary/aromatic N) is 3. The van der Waals surface area contributed by atoms with Crippen LogP contribution in [0.1, 0.15) is 19.8 Å². The van der Waals surface area contributed by atoms with Crippen LogP contribution in [-0.2, 0) is 16.2 Å². The minimum atomic E-state index is -0.115. The van der Waals surface area contributed by atoms with Crippen molar-refractivity contribution in [1.82, 2.24) is 15.0 Å². The first kappa shape index (κ1) is 15.6. The topological polar surface area (TPSA) is 78.5 Å². The van der Waals surface area contributed by atoms with Gasteiger partial charge in [-0.25, -0.2) is 0 Å². The van der Waals surface area contributed by atoms with E-state index in [-0.39, 0.29) is 17.4 Å². The number of hydrogen-bond donors (Lipinski definition) is 1. The van der Waals surface area contributed by atoms with Crippen molar-refractivity contribution in [3.05, 3.63) is 34.6 Å². The molecule has 0 saturated carbocycles. The first-order valence-electron chi connectivity index (χ1n) is 8.01. The molecule has 0 spiro atoms. The van der Waals surface area contributed by atoms with Gasteiger partial charge in [-0.2, -0.15) is 4.68 Å². The Hall–Kier alpha value is -2.28. The standard InChI is InChI=1S/C16H20N4O3/c1-2-23-16(22)12-7-9-19(10-8-12)11-20-15(21)13-5-3-4-6-14(13)17-18-20/h3-6,12H,2,7-11H2,1H3/p+1. The summed E-state index contributed by atoms with van der Waals surface area (Å²) in [6.45, 7) is 4.37. The molecule has 23 heavy (non-hydrogen) atoms. The number of carbonyl (C=O) groups is 1. The zero-order chi connectivity index (χ0) is 16.2. The SMILES string of the molecule is CCOC(=O)C1CC[NH+](Cn2nnc3ccccc3c2=O)CC1. The molecule has 0 atom stereocenters. The predicted molar refractivity (Wildman–Crippen MR) is 83.9 cm³/mol. The molecule has 1 fully saturated rings. The van der Waals surface area contributed by atoms with Gasteiger partial charge >= 0.3 is 5.97 Å². The number of hydrogen-bond acceptors (Lipinski definition) is 5. The first-order valence-corrected chi connectivity index (χ1v) is 8.01. The van der Waals surface area contributed by atoms with Crippen molar-refractivity contribution < 1.29 is 14.4 Å². The summed E-state index contributed by atoms with van der Waals surface area (Å²) in [5.74, 6) is -0.118. The molecule has 1 saturated heterocycles. The van der Waals surface area contributed by atoms with Crippen molar-refractivity contribution in [2.45, 2.75) is 26.4 Å². The van der Waals surface area contributed by atoms with Crippen LogP contribution in [0.5, 0.6) is 0 Å². The summed E-state index contributed by atoms with van der Waals surface area (Å²) in [5.41, 5.74) is 0.500. The summed E-state index contributed by atoms with van der Waals surface area (Å²) in [4.78, 5) is 25.4. The highest BCUT2D eigenvalue weighted by Gasteiger charge is 2.28. The molecule has 7 heteroatoms. The average molecular weight is 317 g/mol. The second-order valence-electron chi connectivity index (χ2n) is 5.85. The van der Waals surface area contributed by atoms with Crippen molar-refractivity contribution in [1.29, 1.82) is 0 Å². The van der Waals surface area contributed by atoms with Gasteiger partial charge < -0.3 is 9.64 Å². The maximum absolute atomic E-state index is 12.4. The summed E-state index contributed by atoms with van der Waals surface area (Å²) in [6, 6.07) is 7.22. The number of rotatable bonds is 4. The fourth-order valence-electron chi connectivity index (χ4n) is 3.02. The van der Waals surface area contributed by atoms with Crippen LogP contribution in [0.4, 0.5) is 0 Å². The lowest BCUT2D eigenvalue weighted by Gasteiger charge is -2.27. The highest BCUT2D eigenvalue weighted by molar-refractivity contribution is 5.76. The van der Waals surface area contributed by atoms with Crippen molar-refractivity contribution >= 4 is 16.9 Å². The molecule has 2 heterocycles. The lowest BCUT2D eigenvalue weighted by molar-refractivity contribution is -0.929. The van der Waals surface area contributed by atoms with Gasteiger partial charge in [0.1, 0.15) is 5.52 Å². The Balaban J connectivity index is 1.66. The first-order chi connectivity index (χ1) is 11.2. The van der Waals surface area contributed by atoms with Gasteiger partial charge in [0, 0.05) is 12.8 Å². The number of esters is 1. The zero-order valence-corrected chi connectivity index (χ0v) is 13.2. The van der Waals surface area contributed by atoms with Gasteiger partial charge in [-0.1, -0.05) is 17.3 Å². The number of piperidine rings is 1. The Morgan fingerprint density at radius 1 is 1.35 bits per heavy atom. The van der Waals surface area contributed by atoms with Gasteiger partial charge in [0.05, 0.1) is 31.0 Å². The van der Waals surface area contributed by atoms with Gasteiger partial charge in [-0.15, -0.1) is 5.10 Å². The quantitative estimate of drug-likeness (QED) is 0.777. The van der Waals surface area contributed by atoms with E-state index < -0.39 is 0 Å². The number of aromatic nitrogens is 3. The van der Waals surface area contributed by atoms with Gasteiger partial charge in [0.2, 0.25) is 0 Å². The van der Waals surface area contributed by atoms with Gasteiger partial charge in [-0.05, 0) is 19.1 Å². The molecule has 1 N–H and O–H groups in total. The highest BCUT2D eigenvalue weighted by Crippen LogP contribution is 2.11. The Kier molecular flexibility index (Phi) is 4.66. The van der Waals surface area contributed by atoms with Crippen molar-refractivity contribution in [2.24, 2.45) is 5.92 Å². The Morgan fingerprint density at radius 3 is 2.83 bits per heavy atom. The van der Waals surface area contributed by atoms with E-state index in [0.717, 1.165) is 25.9 Å². The number of carbonyl (C=O) groups excluding carboxylic acids is 1. The van der Waals surface area contributed by atoms with Crippen molar-refractivity contribution in [3.63, 3.8) is 0 Å². The Labute approximate surface area is 133 Å². The number of fused-ring (bicyclic) bond motifs is 1. The number of benzene rings is 1. The summed E-state index contributed by atoms with van der Waals surface area (Å²) < 4.78 is 6.50. The molecule has 0 aliphatic carbocycles. The van der Waals surface area contributed by atoms with E-state index in [1.807, 2.05) is 19.1 Å². The van der Waals surface area contributed by atoms with Crippen LogP contribution in [0.3, 0.4) is 0 Å². The van der Waals surface area contributed by atoms with E-state index in [0.29, 0.717) is 24.2 Å². The van der Waals surface area contributed by atoms with E-state index in [1.165, 1.54) is 9.58 Å². The monoisotopic (exact) mass is 317 g/mol. The van der Waals surface area contributed by atoms with E-state index in [4.69, 9.17) is 4.74 Å². The molecular weight excluding hydrogens is 296 g/mol. The molecule has 0 unspecified atom stereocenters. The Bertz CT molecular complexity index is 750. The smallest absolute Gasteiger partial charge is 0.309 e. The fraction of sp³-hybridized carbons (Fsp3) is 0.500. The van der Waals surface area contributed by atoms with Crippen molar-refractivity contribution in [3.8, 4) is 0 Å². The van der Waals surface area contributed by atoms with E-state index >= 15 is 0 Å². The number of likely N-dealkylation sites (tertiary alicyclic amines) is 1. The minimum Gasteiger partial charge on any atom is -0.466 e. The van der Waals surface area contributed by atoms with E-state index in [2.05, 4.69) is 10.3 Å². The third-order valence-electron chi connectivity index (χ3n) is 4.32. The molecule has 1 aromatic heterocycles. The summed E-state index contributed by atoms with van der Waals surface area (Å²) >= 11 is 0. The van der Waals surface area contributed by atoms with Crippen LogP contribution < -0.4 is 10.5 Å². The molecule has 122 valence electrons. The molecule has 1 aromatic carbocycles. The summed E-state index contributed by atoms with van der Waals surface area (Å²) in [5, 5.41) is 8.71. The minimum absolute atomic E-state index is 0.0156. The second kappa shape index (κ2) is 6.87. The Morgan fingerprint density at radius 2 is 2.09 bits per heavy atom. The number of ether oxygens (including phenoxy) is 1. The van der Waals surface area contributed by atoms with E-state index in [9.17, 15) is 9.59 Å². The molecule has 1 aliphatic rings. The van der Waals surface area contributed by atoms with Gasteiger partial charge in [0.15, 0.2) is 6.67 Å². The lowest BCUT2D eigenvalue weighted by Crippen LogP contribution is -3.12.